The molecule has 0 unspecified atom stereocenters. The highest BCUT2D eigenvalue weighted by atomic mass is 35.7. The Morgan fingerprint density at radius 1 is 1.18 bits per heavy atom. The van der Waals surface area contributed by atoms with E-state index in [0.29, 0.717) is 0 Å². The van der Waals surface area contributed by atoms with Gasteiger partial charge in [-0.2, -0.15) is 0 Å². The van der Waals surface area contributed by atoms with Crippen LogP contribution in [0.1, 0.15) is 27.7 Å². The second kappa shape index (κ2) is 3.93. The summed E-state index contributed by atoms with van der Waals surface area (Å²) in [4.78, 5) is 0. The van der Waals surface area contributed by atoms with Crippen LogP contribution in [0.25, 0.3) is 0 Å². The first-order valence-corrected chi connectivity index (χ1v) is 6.84. The van der Waals surface area contributed by atoms with Gasteiger partial charge in [-0.15, -0.1) is 0 Å². The average molecular weight is 198 g/mol. The first kappa shape index (κ1) is 11.5. The number of hydrogen-bond donors (Lipinski definition) is 0. The van der Waals surface area contributed by atoms with Gasteiger partial charge in [0.2, 0.25) is 6.65 Å². The van der Waals surface area contributed by atoms with Gasteiger partial charge in [0.15, 0.2) is 0 Å². The van der Waals surface area contributed by atoms with Crippen molar-refractivity contribution in [3.63, 3.8) is 0 Å². The van der Waals surface area contributed by atoms with Crippen LogP contribution in [0.15, 0.2) is 0 Å². The van der Waals surface area contributed by atoms with Crippen LogP contribution in [-0.2, 0) is 4.57 Å². The summed E-state index contributed by atoms with van der Waals surface area (Å²) in [6, 6.07) is 0.478. The zero-order valence-corrected chi connectivity index (χ0v) is 9.49. The Balaban J connectivity index is 4.49. The highest BCUT2D eigenvalue weighted by molar-refractivity contribution is 7.86. The van der Waals surface area contributed by atoms with E-state index in [1.807, 2.05) is 32.4 Å². The summed E-state index contributed by atoms with van der Waals surface area (Å²) >= 11 is 5.77. The fraction of sp³-hybridized carbons (Fsp3) is 1.00. The first-order chi connectivity index (χ1) is 4.76. The lowest BCUT2D eigenvalue weighted by molar-refractivity contribution is 0.308. The van der Waals surface area contributed by atoms with Crippen molar-refractivity contribution in [3.05, 3.63) is 0 Å². The number of halogens is 1. The van der Waals surface area contributed by atoms with Crippen LogP contribution >= 0.6 is 17.9 Å². The Labute approximate surface area is 74.1 Å². The van der Waals surface area contributed by atoms with E-state index in [9.17, 15) is 4.57 Å². The maximum absolute atomic E-state index is 11.5. The smallest absolute Gasteiger partial charge is 0.232 e. The van der Waals surface area contributed by atoms with Gasteiger partial charge in [0.1, 0.15) is 0 Å². The zero-order valence-electron chi connectivity index (χ0n) is 7.84. The lowest BCUT2D eigenvalue weighted by Crippen LogP contribution is -2.32. The van der Waals surface area contributed by atoms with Crippen LogP contribution in [0.5, 0.6) is 0 Å². The summed E-state index contributed by atoms with van der Waals surface area (Å²) in [5.41, 5.74) is 0. The lowest BCUT2D eigenvalue weighted by Gasteiger charge is -2.31. The third kappa shape index (κ3) is 3.59. The van der Waals surface area contributed by atoms with Gasteiger partial charge in [-0.3, -0.25) is 4.57 Å². The third-order valence-electron chi connectivity index (χ3n) is 1.47. The van der Waals surface area contributed by atoms with E-state index in [0.717, 1.165) is 0 Å². The number of hydrogen-bond acceptors (Lipinski definition) is 1. The van der Waals surface area contributed by atoms with Crippen molar-refractivity contribution in [2.45, 2.75) is 39.8 Å². The molecule has 0 fully saturated rings. The quantitative estimate of drug-likeness (QED) is 0.648. The maximum Gasteiger partial charge on any atom is 0.232 e. The molecule has 0 aliphatic rings. The monoisotopic (exact) mass is 197 g/mol. The number of rotatable bonds is 3. The minimum absolute atomic E-state index is 0.239. The highest BCUT2D eigenvalue weighted by Gasteiger charge is 2.27. The summed E-state index contributed by atoms with van der Waals surface area (Å²) in [6.07, 6.45) is 0. The molecule has 1 atom stereocenters. The molecule has 11 heavy (non-hydrogen) atoms. The Bertz CT molecular complexity index is 156. The van der Waals surface area contributed by atoms with Crippen LogP contribution in [-0.4, -0.2) is 23.4 Å². The van der Waals surface area contributed by atoms with Gasteiger partial charge in [-0.1, -0.05) is 0 Å². The molecular formula is C7H17ClNOP. The van der Waals surface area contributed by atoms with Crippen molar-refractivity contribution < 1.29 is 4.57 Å². The molecule has 0 radical (unpaired) electrons. The fourth-order valence-corrected chi connectivity index (χ4v) is 4.12. The van der Waals surface area contributed by atoms with Gasteiger partial charge in [0.05, 0.1) is 0 Å². The SMILES string of the molecule is CC(C)N(C(C)C)[P@](C)(=O)Cl. The zero-order chi connectivity index (χ0) is 9.23. The molecule has 0 spiro atoms. The Hall–Kier alpha value is 0.480. The van der Waals surface area contributed by atoms with E-state index >= 15 is 0 Å². The Morgan fingerprint density at radius 3 is 1.45 bits per heavy atom. The summed E-state index contributed by atoms with van der Waals surface area (Å²) in [5.74, 6) is 0. The van der Waals surface area contributed by atoms with E-state index in [1.165, 1.54) is 0 Å². The molecule has 0 N–H and O–H groups in total. The minimum Gasteiger partial charge on any atom is -0.289 e. The van der Waals surface area contributed by atoms with Crippen molar-refractivity contribution in [2.75, 3.05) is 6.66 Å². The van der Waals surface area contributed by atoms with Gasteiger partial charge in [0, 0.05) is 18.7 Å². The normalized spacial score (nSPS) is 17.9. The molecule has 0 rings (SSSR count). The maximum atomic E-state index is 11.5. The molecule has 4 heteroatoms. The van der Waals surface area contributed by atoms with Gasteiger partial charge < -0.3 is 0 Å². The van der Waals surface area contributed by atoms with E-state index in [1.54, 1.807) is 6.66 Å². The Kier molecular flexibility index (Phi) is 4.10. The lowest BCUT2D eigenvalue weighted by atomic mass is 10.3. The van der Waals surface area contributed by atoms with Crippen molar-refractivity contribution in [3.8, 4) is 0 Å². The van der Waals surface area contributed by atoms with Crippen LogP contribution < -0.4 is 0 Å². The molecule has 0 aromatic heterocycles. The Morgan fingerprint density at radius 2 is 1.45 bits per heavy atom. The molecule has 0 saturated carbocycles. The molecule has 0 aromatic rings. The molecule has 2 nitrogen and oxygen atoms in total. The van der Waals surface area contributed by atoms with Gasteiger partial charge in [-0.05, 0) is 38.9 Å². The van der Waals surface area contributed by atoms with Crippen LogP contribution in [0.4, 0.5) is 0 Å². The minimum atomic E-state index is -2.58. The fourth-order valence-electron chi connectivity index (χ4n) is 1.42. The van der Waals surface area contributed by atoms with Gasteiger partial charge in [0.25, 0.3) is 0 Å². The van der Waals surface area contributed by atoms with E-state index in [2.05, 4.69) is 0 Å². The molecule has 0 aliphatic carbocycles. The van der Waals surface area contributed by atoms with Gasteiger partial charge >= 0.3 is 0 Å². The van der Waals surface area contributed by atoms with E-state index in [4.69, 9.17) is 11.2 Å². The first-order valence-electron chi connectivity index (χ1n) is 3.82. The molecule has 0 heterocycles. The summed E-state index contributed by atoms with van der Waals surface area (Å²) in [6.45, 7) is 7.00. The van der Waals surface area contributed by atoms with Gasteiger partial charge in [-0.25, -0.2) is 4.67 Å². The average Bonchev–Trinajstić information content (AvgIpc) is 1.54. The van der Waals surface area contributed by atoms with Crippen molar-refractivity contribution >= 4 is 17.9 Å². The predicted octanol–water partition coefficient (Wildman–Crippen LogP) is 3.17. The second-order valence-corrected chi connectivity index (χ2v) is 7.24. The molecule has 0 aromatic carbocycles. The van der Waals surface area contributed by atoms with E-state index in [-0.39, 0.29) is 12.1 Å². The topological polar surface area (TPSA) is 20.3 Å². The predicted molar refractivity (Wildman–Crippen MR) is 51.5 cm³/mol. The summed E-state index contributed by atoms with van der Waals surface area (Å²) < 4.78 is 13.3. The summed E-state index contributed by atoms with van der Waals surface area (Å²) in [7, 11) is 0. The van der Waals surface area contributed by atoms with Crippen LogP contribution in [0, 0.1) is 0 Å². The standard InChI is InChI=1S/C7H17ClNOP/c1-6(2)9(7(3)4)11(5,8)10/h6-7H,1-5H3/t11-/m1/s1. The third-order valence-corrected chi connectivity index (χ3v) is 3.74. The molecule has 0 amide bonds. The molecule has 68 valence electrons. The largest absolute Gasteiger partial charge is 0.289 e. The van der Waals surface area contributed by atoms with Crippen molar-refractivity contribution in [1.29, 1.82) is 0 Å². The molecule has 0 aliphatic heterocycles. The summed E-state index contributed by atoms with van der Waals surface area (Å²) in [5, 5.41) is 0. The van der Waals surface area contributed by atoms with Crippen LogP contribution in [0.3, 0.4) is 0 Å². The highest BCUT2D eigenvalue weighted by Crippen LogP contribution is 2.53. The molecule has 0 saturated heterocycles. The number of nitrogens with zero attached hydrogens (tertiary/aromatic N) is 1. The second-order valence-electron chi connectivity index (χ2n) is 3.35. The molecular weight excluding hydrogens is 181 g/mol. The van der Waals surface area contributed by atoms with Crippen molar-refractivity contribution in [2.24, 2.45) is 0 Å². The van der Waals surface area contributed by atoms with Crippen molar-refractivity contribution in [1.82, 2.24) is 4.67 Å². The molecule has 0 bridgehead atoms. The van der Waals surface area contributed by atoms with Crippen LogP contribution in [0.2, 0.25) is 0 Å². The van der Waals surface area contributed by atoms with E-state index < -0.39 is 6.65 Å².